The molecule has 0 saturated heterocycles. The maximum absolute atomic E-state index is 6.97. The molecule has 0 unspecified atom stereocenters. The van der Waals surface area contributed by atoms with Crippen LogP contribution in [0.1, 0.15) is 0 Å². The second kappa shape index (κ2) is 13.0. The van der Waals surface area contributed by atoms with Crippen molar-refractivity contribution in [2.45, 2.75) is 0 Å². The molecule has 0 radical (unpaired) electrons. The lowest BCUT2D eigenvalue weighted by atomic mass is 9.98. The third-order valence-corrected chi connectivity index (χ3v) is 10.7. The lowest BCUT2D eigenvalue weighted by Crippen LogP contribution is -2.00. The normalized spacial score (nSPS) is 11.6. The van der Waals surface area contributed by atoms with Crippen molar-refractivity contribution in [3.05, 3.63) is 194 Å². The van der Waals surface area contributed by atoms with Gasteiger partial charge in [-0.3, -0.25) is 0 Å². The van der Waals surface area contributed by atoms with Crippen LogP contribution >= 0.6 is 0 Å². The molecule has 262 valence electrons. The lowest BCUT2D eigenvalue weighted by Gasteiger charge is -2.12. The summed E-state index contributed by atoms with van der Waals surface area (Å²) in [4.78, 5) is 14.9. The summed E-state index contributed by atoms with van der Waals surface area (Å²) in [6.45, 7) is 0. The van der Waals surface area contributed by atoms with Crippen molar-refractivity contribution in [3.63, 3.8) is 0 Å². The van der Waals surface area contributed by atoms with Gasteiger partial charge in [0.15, 0.2) is 23.1 Å². The summed E-state index contributed by atoms with van der Waals surface area (Å²) in [7, 11) is 0. The van der Waals surface area contributed by atoms with Gasteiger partial charge in [-0.2, -0.15) is 0 Å². The molecule has 0 spiro atoms. The first-order chi connectivity index (χ1) is 27.7. The van der Waals surface area contributed by atoms with Crippen LogP contribution < -0.4 is 0 Å². The van der Waals surface area contributed by atoms with Crippen LogP contribution in [0.5, 0.6) is 0 Å². The average molecular weight is 717 g/mol. The van der Waals surface area contributed by atoms with E-state index in [4.69, 9.17) is 19.4 Å². The number of hydrogen-bond acceptors (Lipinski definition) is 4. The highest BCUT2D eigenvalue weighted by Gasteiger charge is 2.21. The van der Waals surface area contributed by atoms with Gasteiger partial charge < -0.3 is 8.98 Å². The Bertz CT molecular complexity index is 3110. The Morgan fingerprint density at radius 3 is 1.34 bits per heavy atom. The highest BCUT2D eigenvalue weighted by molar-refractivity contribution is 6.14. The predicted octanol–water partition coefficient (Wildman–Crippen LogP) is 13.2. The smallest absolute Gasteiger partial charge is 0.164 e. The highest BCUT2D eigenvalue weighted by atomic mass is 16.3. The number of aromatic nitrogens is 4. The molecular weight excluding hydrogens is 685 g/mol. The Kier molecular flexibility index (Phi) is 7.42. The van der Waals surface area contributed by atoms with Gasteiger partial charge in [0, 0.05) is 38.2 Å². The van der Waals surface area contributed by atoms with E-state index >= 15 is 0 Å². The fraction of sp³-hybridized carbons (Fsp3) is 0. The van der Waals surface area contributed by atoms with Crippen LogP contribution in [0.4, 0.5) is 0 Å². The van der Waals surface area contributed by atoms with Crippen molar-refractivity contribution >= 4 is 43.7 Å². The molecule has 11 aromatic rings. The van der Waals surface area contributed by atoms with Crippen LogP contribution in [0, 0.1) is 0 Å². The van der Waals surface area contributed by atoms with Crippen LogP contribution in [0.3, 0.4) is 0 Å². The minimum absolute atomic E-state index is 0.585. The largest absolute Gasteiger partial charge is 0.454 e. The predicted molar refractivity (Wildman–Crippen MR) is 229 cm³/mol. The maximum Gasteiger partial charge on any atom is 0.164 e. The molecule has 0 amide bonds. The Balaban J connectivity index is 1.13. The fourth-order valence-electron chi connectivity index (χ4n) is 7.94. The van der Waals surface area contributed by atoms with Crippen LogP contribution in [0.2, 0.25) is 0 Å². The van der Waals surface area contributed by atoms with Crippen molar-refractivity contribution < 1.29 is 4.42 Å². The standard InChI is InChI=1S/C51H32N4O/c1-4-14-33(15-5-1)34-24-26-35(27-25-34)39-30-43-42-29-28-38(51-53-49(36-16-6-2-7-17-36)52-50(54-51)37-18-8-3-9-19-37)32-47(42)56-48(43)46(31-39)55-44-22-12-10-20-40(44)41-21-11-13-23-45(41)55/h1-32H. The third-order valence-electron chi connectivity index (χ3n) is 10.7. The number of hydrogen-bond donors (Lipinski definition) is 0. The maximum atomic E-state index is 6.97. The molecule has 0 aliphatic heterocycles. The Hall–Kier alpha value is -7.63. The summed E-state index contributed by atoms with van der Waals surface area (Å²) in [5, 5.41) is 4.46. The fourth-order valence-corrected chi connectivity index (χ4v) is 7.94. The van der Waals surface area contributed by atoms with Crippen molar-refractivity contribution in [1.82, 2.24) is 19.5 Å². The zero-order valence-electron chi connectivity index (χ0n) is 30.2. The zero-order valence-corrected chi connectivity index (χ0v) is 30.2. The van der Waals surface area contributed by atoms with E-state index in [1.807, 2.05) is 60.7 Å². The minimum atomic E-state index is 0.585. The monoisotopic (exact) mass is 716 g/mol. The number of furan rings is 1. The van der Waals surface area contributed by atoms with Gasteiger partial charge in [-0.25, -0.2) is 15.0 Å². The third kappa shape index (κ3) is 5.37. The quantitative estimate of drug-likeness (QED) is 0.172. The van der Waals surface area contributed by atoms with E-state index in [1.165, 1.54) is 21.9 Å². The van der Waals surface area contributed by atoms with Gasteiger partial charge >= 0.3 is 0 Å². The van der Waals surface area contributed by atoms with Crippen LogP contribution in [-0.2, 0) is 0 Å². The molecule has 8 aromatic carbocycles. The molecule has 0 N–H and O–H groups in total. The average Bonchev–Trinajstić information content (AvgIpc) is 3.82. The number of rotatable bonds is 6. The number of para-hydroxylation sites is 2. The van der Waals surface area contributed by atoms with E-state index in [0.717, 1.165) is 66.5 Å². The molecule has 0 aliphatic rings. The second-order valence-corrected chi connectivity index (χ2v) is 14.0. The molecule has 11 rings (SSSR count). The first-order valence-electron chi connectivity index (χ1n) is 18.8. The lowest BCUT2D eigenvalue weighted by molar-refractivity contribution is 0.666. The van der Waals surface area contributed by atoms with Gasteiger partial charge in [0.1, 0.15) is 5.58 Å². The van der Waals surface area contributed by atoms with Gasteiger partial charge in [-0.05, 0) is 58.7 Å². The highest BCUT2D eigenvalue weighted by Crippen LogP contribution is 2.42. The minimum Gasteiger partial charge on any atom is -0.454 e. The summed E-state index contributed by atoms with van der Waals surface area (Å²) in [5.74, 6) is 1.83. The van der Waals surface area contributed by atoms with Crippen molar-refractivity contribution in [1.29, 1.82) is 0 Å². The molecular formula is C51H32N4O. The van der Waals surface area contributed by atoms with E-state index in [0.29, 0.717) is 17.5 Å². The Labute approximate surface area is 322 Å². The first-order valence-corrected chi connectivity index (χ1v) is 18.8. The molecule has 0 fully saturated rings. The molecule has 5 nitrogen and oxygen atoms in total. The zero-order chi connectivity index (χ0) is 37.0. The van der Waals surface area contributed by atoms with E-state index in [-0.39, 0.29) is 0 Å². The summed E-state index contributed by atoms with van der Waals surface area (Å²) in [5.41, 5.74) is 12.1. The molecule has 3 heterocycles. The van der Waals surface area contributed by atoms with Gasteiger partial charge in [-0.1, -0.05) is 158 Å². The van der Waals surface area contributed by atoms with E-state index in [2.05, 4.69) is 138 Å². The number of benzene rings is 8. The van der Waals surface area contributed by atoms with Crippen LogP contribution in [0.25, 0.3) is 106 Å². The van der Waals surface area contributed by atoms with Crippen molar-refractivity contribution in [2.75, 3.05) is 0 Å². The molecule has 56 heavy (non-hydrogen) atoms. The molecule has 0 aliphatic carbocycles. The summed E-state index contributed by atoms with van der Waals surface area (Å²) < 4.78 is 9.32. The van der Waals surface area contributed by atoms with E-state index in [9.17, 15) is 0 Å². The molecule has 3 aromatic heterocycles. The second-order valence-electron chi connectivity index (χ2n) is 14.0. The summed E-state index contributed by atoms with van der Waals surface area (Å²) >= 11 is 0. The van der Waals surface area contributed by atoms with E-state index < -0.39 is 0 Å². The Morgan fingerprint density at radius 2 is 0.768 bits per heavy atom. The van der Waals surface area contributed by atoms with Crippen molar-refractivity contribution in [2.24, 2.45) is 0 Å². The van der Waals surface area contributed by atoms with Crippen LogP contribution in [0.15, 0.2) is 199 Å². The molecule has 0 bridgehead atoms. The van der Waals surface area contributed by atoms with Gasteiger partial charge in [0.25, 0.3) is 0 Å². The summed E-state index contributed by atoms with van der Waals surface area (Å²) in [6, 6.07) is 67.5. The number of fused-ring (bicyclic) bond motifs is 6. The van der Waals surface area contributed by atoms with Gasteiger partial charge in [0.05, 0.1) is 16.7 Å². The summed E-state index contributed by atoms with van der Waals surface area (Å²) in [6.07, 6.45) is 0. The van der Waals surface area contributed by atoms with E-state index in [1.54, 1.807) is 0 Å². The van der Waals surface area contributed by atoms with Gasteiger partial charge in [0.2, 0.25) is 0 Å². The topological polar surface area (TPSA) is 56.7 Å². The molecule has 0 saturated carbocycles. The number of nitrogens with zero attached hydrogens (tertiary/aromatic N) is 4. The molecule has 0 atom stereocenters. The van der Waals surface area contributed by atoms with Gasteiger partial charge in [-0.15, -0.1) is 0 Å². The van der Waals surface area contributed by atoms with Crippen LogP contribution in [-0.4, -0.2) is 19.5 Å². The molecule has 5 heteroatoms. The Morgan fingerprint density at radius 1 is 0.321 bits per heavy atom. The van der Waals surface area contributed by atoms with Crippen molar-refractivity contribution in [3.8, 4) is 62.1 Å². The first kappa shape index (κ1) is 31.9. The SMILES string of the molecule is c1ccc(-c2ccc(-c3cc(-n4c5ccccc5c5ccccc54)c4oc5cc(-c6nc(-c7ccccc7)nc(-c7ccccc7)n6)ccc5c4c3)cc2)cc1.